The van der Waals surface area contributed by atoms with Crippen molar-refractivity contribution in [3.05, 3.63) is 5.01 Å². The second-order valence-corrected chi connectivity index (χ2v) is 3.93. The highest BCUT2D eigenvalue weighted by atomic mass is 35.5. The molecule has 0 aliphatic rings. The second kappa shape index (κ2) is 5.90. The lowest BCUT2D eigenvalue weighted by Crippen LogP contribution is -2.26. The number of hydrogen-bond donors (Lipinski definition) is 2. The Kier molecular flexibility index (Phi) is 5.59. The van der Waals surface area contributed by atoms with Gasteiger partial charge in [-0.15, -0.1) is 22.6 Å². The fraction of sp³-hybridized carbons (Fsp3) is 0.571. The van der Waals surface area contributed by atoms with Crippen LogP contribution >= 0.6 is 23.7 Å². The van der Waals surface area contributed by atoms with Crippen LogP contribution in [0.3, 0.4) is 0 Å². The SMILES string of the molecule is Cc1nnc(NC(=O)C(C)CN)s1.Cl. The number of nitrogens with one attached hydrogen (secondary N) is 1. The van der Waals surface area contributed by atoms with Crippen molar-refractivity contribution >= 4 is 34.8 Å². The highest BCUT2D eigenvalue weighted by Gasteiger charge is 2.12. The van der Waals surface area contributed by atoms with E-state index in [1.165, 1.54) is 11.3 Å². The van der Waals surface area contributed by atoms with E-state index in [4.69, 9.17) is 5.73 Å². The standard InChI is InChI=1S/C7H12N4OS.ClH/c1-4(3-8)6(12)9-7-11-10-5(2)13-7;/h4H,3,8H2,1-2H3,(H,9,11,12);1H. The predicted molar refractivity (Wildman–Crippen MR) is 58.7 cm³/mol. The van der Waals surface area contributed by atoms with E-state index in [1.54, 1.807) is 6.92 Å². The van der Waals surface area contributed by atoms with Crippen molar-refractivity contribution in [3.8, 4) is 0 Å². The van der Waals surface area contributed by atoms with E-state index in [9.17, 15) is 4.79 Å². The van der Waals surface area contributed by atoms with Gasteiger partial charge in [-0.2, -0.15) is 0 Å². The van der Waals surface area contributed by atoms with E-state index in [2.05, 4.69) is 15.5 Å². The van der Waals surface area contributed by atoms with Crippen LogP contribution in [0.2, 0.25) is 0 Å². The Hall–Kier alpha value is -0.720. The number of anilines is 1. The van der Waals surface area contributed by atoms with Crippen molar-refractivity contribution in [1.82, 2.24) is 10.2 Å². The zero-order valence-corrected chi connectivity index (χ0v) is 9.61. The molecule has 1 aromatic heterocycles. The summed E-state index contributed by atoms with van der Waals surface area (Å²) in [6.45, 7) is 3.94. The third-order valence-corrected chi connectivity index (χ3v) is 2.31. The van der Waals surface area contributed by atoms with Crippen LogP contribution in [0.15, 0.2) is 0 Å². The largest absolute Gasteiger partial charge is 0.330 e. The fourth-order valence-electron chi connectivity index (χ4n) is 0.683. The highest BCUT2D eigenvalue weighted by Crippen LogP contribution is 2.14. The maximum absolute atomic E-state index is 11.3. The number of nitrogens with two attached hydrogens (primary N) is 1. The smallest absolute Gasteiger partial charge is 0.230 e. The van der Waals surface area contributed by atoms with Gasteiger partial charge in [0, 0.05) is 12.5 Å². The minimum Gasteiger partial charge on any atom is -0.330 e. The van der Waals surface area contributed by atoms with Gasteiger partial charge in [0.05, 0.1) is 0 Å². The van der Waals surface area contributed by atoms with Crippen LogP contribution in [-0.4, -0.2) is 22.6 Å². The van der Waals surface area contributed by atoms with Gasteiger partial charge in [-0.3, -0.25) is 4.79 Å². The summed E-state index contributed by atoms with van der Waals surface area (Å²) in [6, 6.07) is 0. The van der Waals surface area contributed by atoms with Crippen LogP contribution in [0.5, 0.6) is 0 Å². The Morgan fingerprint density at radius 3 is 2.71 bits per heavy atom. The van der Waals surface area contributed by atoms with Crippen molar-refractivity contribution < 1.29 is 4.79 Å². The van der Waals surface area contributed by atoms with E-state index >= 15 is 0 Å². The van der Waals surface area contributed by atoms with Crippen LogP contribution < -0.4 is 11.1 Å². The zero-order chi connectivity index (χ0) is 9.84. The van der Waals surface area contributed by atoms with Crippen LogP contribution in [-0.2, 0) is 4.79 Å². The molecule has 0 aromatic carbocycles. The van der Waals surface area contributed by atoms with E-state index in [0.29, 0.717) is 11.7 Å². The number of hydrogen-bond acceptors (Lipinski definition) is 5. The Morgan fingerprint density at radius 2 is 2.29 bits per heavy atom. The first-order chi connectivity index (χ1) is 6.13. The molecule has 1 unspecified atom stereocenters. The molecule has 1 aromatic rings. The first-order valence-corrected chi connectivity index (χ1v) is 4.76. The van der Waals surface area contributed by atoms with Gasteiger partial charge in [-0.25, -0.2) is 0 Å². The number of carbonyl (C=O) groups is 1. The van der Waals surface area contributed by atoms with Gasteiger partial charge >= 0.3 is 0 Å². The third kappa shape index (κ3) is 3.57. The second-order valence-electron chi connectivity index (χ2n) is 2.75. The van der Waals surface area contributed by atoms with Gasteiger partial charge in [0.25, 0.3) is 0 Å². The summed E-state index contributed by atoms with van der Waals surface area (Å²) in [5, 5.41) is 11.5. The highest BCUT2D eigenvalue weighted by molar-refractivity contribution is 7.15. The Balaban J connectivity index is 0.00000169. The molecule has 80 valence electrons. The molecule has 0 radical (unpaired) electrons. The third-order valence-electron chi connectivity index (χ3n) is 1.56. The minimum atomic E-state index is -0.191. The molecule has 0 saturated heterocycles. The molecule has 1 heterocycles. The average Bonchev–Trinajstić information content (AvgIpc) is 2.49. The van der Waals surface area contributed by atoms with Crippen LogP contribution in [0.4, 0.5) is 5.13 Å². The molecule has 1 atom stereocenters. The Bertz CT molecular complexity index is 304. The van der Waals surface area contributed by atoms with Gasteiger partial charge < -0.3 is 11.1 Å². The van der Waals surface area contributed by atoms with E-state index in [1.807, 2.05) is 6.92 Å². The topological polar surface area (TPSA) is 80.9 Å². The van der Waals surface area contributed by atoms with Crippen LogP contribution in [0.1, 0.15) is 11.9 Å². The normalized spacial score (nSPS) is 11.6. The molecule has 0 aliphatic heterocycles. The number of rotatable bonds is 3. The minimum absolute atomic E-state index is 0. The number of carbonyl (C=O) groups excluding carboxylic acids is 1. The summed E-state index contributed by atoms with van der Waals surface area (Å²) >= 11 is 1.35. The Morgan fingerprint density at radius 1 is 1.64 bits per heavy atom. The number of halogens is 1. The molecule has 0 fully saturated rings. The van der Waals surface area contributed by atoms with Gasteiger partial charge in [0.15, 0.2) is 0 Å². The average molecular weight is 237 g/mol. The maximum Gasteiger partial charge on any atom is 0.230 e. The quantitative estimate of drug-likeness (QED) is 0.814. The molecule has 0 spiro atoms. The van der Waals surface area contributed by atoms with Crippen molar-refractivity contribution in [2.24, 2.45) is 11.7 Å². The van der Waals surface area contributed by atoms with E-state index in [-0.39, 0.29) is 24.2 Å². The molecule has 1 amide bonds. The predicted octanol–water partition coefficient (Wildman–Crippen LogP) is 0.802. The molecule has 7 heteroatoms. The molecule has 0 saturated carbocycles. The van der Waals surface area contributed by atoms with Gasteiger partial charge in [0.2, 0.25) is 11.0 Å². The lowest BCUT2D eigenvalue weighted by Gasteiger charge is -2.05. The first-order valence-electron chi connectivity index (χ1n) is 3.94. The summed E-state index contributed by atoms with van der Waals surface area (Å²) in [5.74, 6) is -0.303. The van der Waals surface area contributed by atoms with Gasteiger partial charge in [0.1, 0.15) is 5.01 Å². The van der Waals surface area contributed by atoms with Gasteiger partial charge in [-0.05, 0) is 6.92 Å². The van der Waals surface area contributed by atoms with Crippen molar-refractivity contribution in [1.29, 1.82) is 0 Å². The summed E-state index contributed by atoms with van der Waals surface area (Å²) in [6.07, 6.45) is 0. The summed E-state index contributed by atoms with van der Waals surface area (Å²) in [7, 11) is 0. The first kappa shape index (κ1) is 13.3. The van der Waals surface area contributed by atoms with Crippen molar-refractivity contribution in [2.75, 3.05) is 11.9 Å². The monoisotopic (exact) mass is 236 g/mol. The number of amides is 1. The summed E-state index contributed by atoms with van der Waals surface area (Å²) < 4.78 is 0. The zero-order valence-electron chi connectivity index (χ0n) is 7.98. The lowest BCUT2D eigenvalue weighted by molar-refractivity contribution is -0.119. The Labute approximate surface area is 92.5 Å². The van der Waals surface area contributed by atoms with Crippen LogP contribution in [0.25, 0.3) is 0 Å². The number of aryl methyl sites for hydroxylation is 1. The fourth-order valence-corrected chi connectivity index (χ4v) is 1.28. The molecule has 0 aliphatic carbocycles. The lowest BCUT2D eigenvalue weighted by atomic mass is 10.2. The maximum atomic E-state index is 11.3. The molecule has 1 rings (SSSR count). The summed E-state index contributed by atoms with van der Waals surface area (Å²) in [5.41, 5.74) is 5.34. The molecule has 14 heavy (non-hydrogen) atoms. The molecular formula is C7H13ClN4OS. The number of nitrogens with zero attached hydrogens (tertiary/aromatic N) is 2. The van der Waals surface area contributed by atoms with Gasteiger partial charge in [-0.1, -0.05) is 18.3 Å². The van der Waals surface area contributed by atoms with E-state index in [0.717, 1.165) is 5.01 Å². The molecule has 3 N–H and O–H groups in total. The van der Waals surface area contributed by atoms with Crippen molar-refractivity contribution in [3.63, 3.8) is 0 Å². The molecular weight excluding hydrogens is 224 g/mol. The summed E-state index contributed by atoms with van der Waals surface area (Å²) in [4.78, 5) is 11.3. The van der Waals surface area contributed by atoms with E-state index < -0.39 is 0 Å². The molecule has 5 nitrogen and oxygen atoms in total. The van der Waals surface area contributed by atoms with Crippen molar-refractivity contribution in [2.45, 2.75) is 13.8 Å². The van der Waals surface area contributed by atoms with Crippen LogP contribution in [0, 0.1) is 12.8 Å². The molecule has 0 bridgehead atoms. The number of aromatic nitrogens is 2.